The molecule has 0 amide bonds. The first-order valence-corrected chi connectivity index (χ1v) is 7.83. The summed E-state index contributed by atoms with van der Waals surface area (Å²) in [6.45, 7) is 4.03. The van der Waals surface area contributed by atoms with Crippen LogP contribution in [0.3, 0.4) is 0 Å². The first-order chi connectivity index (χ1) is 9.53. The van der Waals surface area contributed by atoms with Gasteiger partial charge in [-0.15, -0.1) is 0 Å². The summed E-state index contributed by atoms with van der Waals surface area (Å²) in [6, 6.07) is 9.70. The van der Waals surface area contributed by atoms with Gasteiger partial charge in [-0.2, -0.15) is 0 Å². The molecule has 2 heteroatoms. The number of hydrogen-bond acceptors (Lipinski definition) is 2. The molecule has 1 aliphatic rings. The van der Waals surface area contributed by atoms with Crippen molar-refractivity contribution < 1.29 is 9.90 Å². The van der Waals surface area contributed by atoms with Crippen molar-refractivity contribution in [3.05, 3.63) is 35.9 Å². The van der Waals surface area contributed by atoms with Crippen LogP contribution in [0.2, 0.25) is 0 Å². The second-order valence-corrected chi connectivity index (χ2v) is 6.44. The summed E-state index contributed by atoms with van der Waals surface area (Å²) in [7, 11) is 0. The number of carbonyl (C=O) groups is 1. The number of hydrogen-bond donors (Lipinski definition) is 1. The Morgan fingerprint density at radius 2 is 2.00 bits per heavy atom. The SMILES string of the molecule is CCCC1CCC(=O)C(CC(C)(O)c2ccccc2)C1. The van der Waals surface area contributed by atoms with Gasteiger partial charge in [-0.25, -0.2) is 0 Å². The molecule has 1 aromatic rings. The quantitative estimate of drug-likeness (QED) is 0.878. The zero-order chi connectivity index (χ0) is 14.6. The summed E-state index contributed by atoms with van der Waals surface area (Å²) in [6.07, 6.45) is 5.63. The van der Waals surface area contributed by atoms with Gasteiger partial charge in [-0.05, 0) is 37.7 Å². The molecule has 2 nitrogen and oxygen atoms in total. The third kappa shape index (κ3) is 3.69. The molecular weight excluding hydrogens is 248 g/mol. The minimum absolute atomic E-state index is 0.0236. The van der Waals surface area contributed by atoms with Gasteiger partial charge in [0.25, 0.3) is 0 Å². The summed E-state index contributed by atoms with van der Waals surface area (Å²) in [4.78, 5) is 12.1. The van der Waals surface area contributed by atoms with Crippen LogP contribution in [0.15, 0.2) is 30.3 Å². The van der Waals surface area contributed by atoms with Crippen molar-refractivity contribution in [1.82, 2.24) is 0 Å². The van der Waals surface area contributed by atoms with Gasteiger partial charge < -0.3 is 5.11 Å². The summed E-state index contributed by atoms with van der Waals surface area (Å²) < 4.78 is 0. The van der Waals surface area contributed by atoms with E-state index in [2.05, 4.69) is 6.92 Å². The van der Waals surface area contributed by atoms with Crippen LogP contribution in [0, 0.1) is 11.8 Å². The van der Waals surface area contributed by atoms with Crippen LogP contribution in [0.25, 0.3) is 0 Å². The van der Waals surface area contributed by atoms with E-state index in [9.17, 15) is 9.90 Å². The molecule has 0 heterocycles. The molecule has 2 rings (SSSR count). The molecule has 1 N–H and O–H groups in total. The Labute approximate surface area is 122 Å². The minimum Gasteiger partial charge on any atom is -0.385 e. The third-order valence-corrected chi connectivity index (χ3v) is 4.61. The number of Topliss-reactive ketones (excluding diaryl/α,β-unsaturated/α-hetero) is 1. The highest BCUT2D eigenvalue weighted by Gasteiger charge is 2.34. The fraction of sp³-hybridized carbons (Fsp3) is 0.611. The lowest BCUT2D eigenvalue weighted by molar-refractivity contribution is -0.128. The molecule has 0 saturated heterocycles. The van der Waals surface area contributed by atoms with Crippen molar-refractivity contribution in [1.29, 1.82) is 0 Å². The van der Waals surface area contributed by atoms with Gasteiger partial charge in [0, 0.05) is 12.3 Å². The Bertz CT molecular complexity index is 436. The molecule has 0 radical (unpaired) electrons. The summed E-state index contributed by atoms with van der Waals surface area (Å²) in [5, 5.41) is 10.7. The highest BCUT2D eigenvalue weighted by molar-refractivity contribution is 5.81. The minimum atomic E-state index is -0.907. The third-order valence-electron chi connectivity index (χ3n) is 4.61. The highest BCUT2D eigenvalue weighted by atomic mass is 16.3. The lowest BCUT2D eigenvalue weighted by atomic mass is 9.73. The van der Waals surface area contributed by atoms with Gasteiger partial charge in [0.2, 0.25) is 0 Å². The fourth-order valence-electron chi connectivity index (χ4n) is 3.46. The van der Waals surface area contributed by atoms with Gasteiger partial charge in [0.05, 0.1) is 5.60 Å². The predicted octanol–water partition coefficient (Wildman–Crippen LogP) is 4.07. The average molecular weight is 274 g/mol. The molecule has 1 fully saturated rings. The zero-order valence-electron chi connectivity index (χ0n) is 12.6. The highest BCUT2D eigenvalue weighted by Crippen LogP contribution is 2.37. The molecule has 0 aromatic heterocycles. The topological polar surface area (TPSA) is 37.3 Å². The largest absolute Gasteiger partial charge is 0.385 e. The summed E-state index contributed by atoms with van der Waals surface area (Å²) >= 11 is 0. The van der Waals surface area contributed by atoms with Gasteiger partial charge in [0.1, 0.15) is 5.78 Å². The van der Waals surface area contributed by atoms with Crippen LogP contribution < -0.4 is 0 Å². The van der Waals surface area contributed by atoms with Crippen LogP contribution in [0.1, 0.15) is 57.9 Å². The fourth-order valence-corrected chi connectivity index (χ4v) is 3.46. The molecule has 20 heavy (non-hydrogen) atoms. The smallest absolute Gasteiger partial charge is 0.136 e. The lowest BCUT2D eigenvalue weighted by Gasteiger charge is -2.33. The van der Waals surface area contributed by atoms with Crippen LogP contribution in [0.4, 0.5) is 0 Å². The van der Waals surface area contributed by atoms with Crippen LogP contribution in [0.5, 0.6) is 0 Å². The van der Waals surface area contributed by atoms with E-state index >= 15 is 0 Å². The molecule has 110 valence electrons. The van der Waals surface area contributed by atoms with E-state index in [1.807, 2.05) is 37.3 Å². The lowest BCUT2D eigenvalue weighted by Crippen LogP contribution is -2.32. The second kappa shape index (κ2) is 6.53. The van der Waals surface area contributed by atoms with Gasteiger partial charge >= 0.3 is 0 Å². The summed E-state index contributed by atoms with van der Waals surface area (Å²) in [5.41, 5.74) is 0.000739. The zero-order valence-corrected chi connectivity index (χ0v) is 12.6. The Hall–Kier alpha value is -1.15. The Balaban J connectivity index is 2.05. The van der Waals surface area contributed by atoms with E-state index in [4.69, 9.17) is 0 Å². The Kier molecular flexibility index (Phi) is 4.98. The van der Waals surface area contributed by atoms with Crippen LogP contribution >= 0.6 is 0 Å². The van der Waals surface area contributed by atoms with E-state index in [0.717, 1.165) is 18.4 Å². The van der Waals surface area contributed by atoms with Gasteiger partial charge in [-0.3, -0.25) is 4.79 Å². The molecule has 1 aromatic carbocycles. The second-order valence-electron chi connectivity index (χ2n) is 6.44. The standard InChI is InChI=1S/C18H26O2/c1-3-7-14-10-11-17(19)15(12-14)13-18(2,20)16-8-5-4-6-9-16/h4-6,8-9,14-15,20H,3,7,10-13H2,1-2H3. The van der Waals surface area contributed by atoms with Crippen molar-refractivity contribution in [3.8, 4) is 0 Å². The predicted molar refractivity (Wildman–Crippen MR) is 81.4 cm³/mol. The molecule has 0 aliphatic heterocycles. The van der Waals surface area contributed by atoms with E-state index in [0.29, 0.717) is 24.5 Å². The van der Waals surface area contributed by atoms with Gasteiger partial charge in [0.15, 0.2) is 0 Å². The number of ketones is 1. The van der Waals surface area contributed by atoms with E-state index < -0.39 is 5.60 Å². The Morgan fingerprint density at radius 3 is 2.65 bits per heavy atom. The molecule has 1 aliphatic carbocycles. The molecular formula is C18H26O2. The molecule has 1 saturated carbocycles. The number of aliphatic hydroxyl groups is 1. The Morgan fingerprint density at radius 1 is 1.30 bits per heavy atom. The van der Waals surface area contributed by atoms with E-state index in [1.165, 1.54) is 12.8 Å². The maximum Gasteiger partial charge on any atom is 0.136 e. The van der Waals surface area contributed by atoms with E-state index in [-0.39, 0.29) is 5.92 Å². The van der Waals surface area contributed by atoms with Crippen LogP contribution in [-0.4, -0.2) is 10.9 Å². The van der Waals surface area contributed by atoms with Crippen molar-refractivity contribution in [2.45, 2.75) is 58.0 Å². The van der Waals surface area contributed by atoms with Crippen molar-refractivity contribution in [2.75, 3.05) is 0 Å². The molecule has 0 spiro atoms. The maximum absolute atomic E-state index is 12.1. The van der Waals surface area contributed by atoms with E-state index in [1.54, 1.807) is 0 Å². The molecule has 3 atom stereocenters. The molecule has 3 unspecified atom stereocenters. The maximum atomic E-state index is 12.1. The van der Waals surface area contributed by atoms with Gasteiger partial charge in [-0.1, -0.05) is 50.1 Å². The van der Waals surface area contributed by atoms with Crippen LogP contribution in [-0.2, 0) is 10.4 Å². The van der Waals surface area contributed by atoms with Crippen molar-refractivity contribution in [2.24, 2.45) is 11.8 Å². The normalized spacial score (nSPS) is 26.2. The number of rotatable bonds is 5. The summed E-state index contributed by atoms with van der Waals surface area (Å²) in [5.74, 6) is 1.03. The van der Waals surface area contributed by atoms with Crippen molar-refractivity contribution >= 4 is 5.78 Å². The first kappa shape index (κ1) is 15.2. The monoisotopic (exact) mass is 274 g/mol. The number of benzene rings is 1. The average Bonchev–Trinajstić information content (AvgIpc) is 2.44. The molecule has 0 bridgehead atoms. The number of carbonyl (C=O) groups excluding carboxylic acids is 1. The first-order valence-electron chi connectivity index (χ1n) is 7.83. The van der Waals surface area contributed by atoms with Crippen molar-refractivity contribution in [3.63, 3.8) is 0 Å².